The van der Waals surface area contributed by atoms with Crippen LogP contribution in [0.5, 0.6) is 0 Å². The van der Waals surface area contributed by atoms with Gasteiger partial charge in [-0.15, -0.1) is 0 Å². The summed E-state index contributed by atoms with van der Waals surface area (Å²) in [7, 11) is -4.40. The third kappa shape index (κ3) is 3.53. The van der Waals surface area contributed by atoms with Gasteiger partial charge >= 0.3 is 10.4 Å². The van der Waals surface area contributed by atoms with Gasteiger partial charge in [0.1, 0.15) is 0 Å². The van der Waals surface area contributed by atoms with Crippen LogP contribution in [0.2, 0.25) is 0 Å². The molecule has 0 amide bonds. The highest BCUT2D eigenvalue weighted by atomic mass is 32.3. The Hall–Kier alpha value is -1.42. The Bertz CT molecular complexity index is 443. The topological polar surface area (TPSA) is 87.4 Å². The van der Waals surface area contributed by atoms with Crippen LogP contribution in [0.4, 0.5) is 0 Å². The number of benzene rings is 1. The van der Waals surface area contributed by atoms with Crippen molar-refractivity contribution in [2.45, 2.75) is 6.61 Å². The van der Waals surface area contributed by atoms with Gasteiger partial charge in [0.25, 0.3) is 0 Å². The van der Waals surface area contributed by atoms with E-state index in [1.54, 1.807) is 12.1 Å². The SMILES string of the molecule is N#Cc1ccc(COS(=O)(=O)O)cc1. The molecular weight excluding hydrogens is 206 g/mol. The molecule has 0 heterocycles. The molecule has 0 radical (unpaired) electrons. The molecule has 0 atom stereocenters. The minimum atomic E-state index is -4.40. The number of nitriles is 1. The maximum absolute atomic E-state index is 10.2. The molecule has 0 aliphatic heterocycles. The van der Waals surface area contributed by atoms with E-state index in [0.29, 0.717) is 11.1 Å². The van der Waals surface area contributed by atoms with Gasteiger partial charge in [0, 0.05) is 0 Å². The van der Waals surface area contributed by atoms with Crippen LogP contribution >= 0.6 is 0 Å². The molecule has 74 valence electrons. The molecule has 0 aromatic heterocycles. The highest BCUT2D eigenvalue weighted by molar-refractivity contribution is 7.80. The van der Waals surface area contributed by atoms with E-state index >= 15 is 0 Å². The van der Waals surface area contributed by atoms with Crippen molar-refractivity contribution in [3.63, 3.8) is 0 Å². The van der Waals surface area contributed by atoms with Crippen LogP contribution in [-0.2, 0) is 21.2 Å². The van der Waals surface area contributed by atoms with Crippen molar-refractivity contribution in [2.24, 2.45) is 0 Å². The van der Waals surface area contributed by atoms with Crippen molar-refractivity contribution in [1.29, 1.82) is 5.26 Å². The third-order valence-corrected chi connectivity index (χ3v) is 1.87. The van der Waals surface area contributed by atoms with Crippen LogP contribution in [0.1, 0.15) is 11.1 Å². The molecule has 0 unspecified atom stereocenters. The Morgan fingerprint density at radius 2 is 1.93 bits per heavy atom. The minimum absolute atomic E-state index is 0.245. The van der Waals surface area contributed by atoms with Gasteiger partial charge < -0.3 is 0 Å². The average molecular weight is 213 g/mol. The van der Waals surface area contributed by atoms with E-state index < -0.39 is 10.4 Å². The first-order valence-corrected chi connectivity index (χ1v) is 4.98. The highest BCUT2D eigenvalue weighted by Crippen LogP contribution is 2.05. The second-order valence-electron chi connectivity index (χ2n) is 2.50. The molecule has 14 heavy (non-hydrogen) atoms. The molecule has 6 heteroatoms. The van der Waals surface area contributed by atoms with E-state index in [9.17, 15) is 8.42 Å². The molecule has 1 aromatic rings. The number of hydrogen-bond acceptors (Lipinski definition) is 4. The Labute approximate surface area is 81.5 Å². The zero-order valence-corrected chi connectivity index (χ0v) is 7.86. The van der Waals surface area contributed by atoms with Crippen LogP contribution in [0.15, 0.2) is 24.3 Å². The van der Waals surface area contributed by atoms with Gasteiger partial charge in [-0.2, -0.15) is 13.7 Å². The quantitative estimate of drug-likeness (QED) is 0.753. The Morgan fingerprint density at radius 3 is 2.36 bits per heavy atom. The highest BCUT2D eigenvalue weighted by Gasteiger charge is 2.04. The van der Waals surface area contributed by atoms with Gasteiger partial charge in [-0.3, -0.25) is 4.55 Å². The van der Waals surface area contributed by atoms with Crippen LogP contribution in [0.25, 0.3) is 0 Å². The summed E-state index contributed by atoms with van der Waals surface area (Å²) in [5.74, 6) is 0. The first kappa shape index (κ1) is 10.7. The molecule has 0 aliphatic rings. The van der Waals surface area contributed by atoms with Crippen LogP contribution in [-0.4, -0.2) is 13.0 Å². The lowest BCUT2D eigenvalue weighted by Crippen LogP contribution is -2.03. The summed E-state index contributed by atoms with van der Waals surface area (Å²) in [5.41, 5.74) is 1.03. The van der Waals surface area contributed by atoms with Crippen molar-refractivity contribution in [3.8, 4) is 6.07 Å². The molecule has 0 fully saturated rings. The van der Waals surface area contributed by atoms with Gasteiger partial charge in [-0.05, 0) is 17.7 Å². The number of nitrogens with zero attached hydrogens (tertiary/aromatic N) is 1. The summed E-state index contributed by atoms with van der Waals surface area (Å²) < 4.78 is 32.8. The summed E-state index contributed by atoms with van der Waals surface area (Å²) in [5, 5.41) is 8.47. The fourth-order valence-electron chi connectivity index (χ4n) is 0.818. The second kappa shape index (κ2) is 4.19. The van der Waals surface area contributed by atoms with Crippen molar-refractivity contribution in [2.75, 3.05) is 0 Å². The zero-order chi connectivity index (χ0) is 10.6. The predicted molar refractivity (Wildman–Crippen MR) is 47.5 cm³/mol. The van der Waals surface area contributed by atoms with Crippen LogP contribution < -0.4 is 0 Å². The standard InChI is InChI=1S/C8H7NO4S/c9-5-7-1-3-8(4-2-7)6-13-14(10,11)12/h1-4H,6H2,(H,10,11,12). The summed E-state index contributed by atoms with van der Waals surface area (Å²) in [6.07, 6.45) is 0. The fourth-order valence-corrected chi connectivity index (χ4v) is 1.10. The summed E-state index contributed by atoms with van der Waals surface area (Å²) in [4.78, 5) is 0. The van der Waals surface area contributed by atoms with E-state index in [1.807, 2.05) is 6.07 Å². The monoisotopic (exact) mass is 213 g/mol. The Balaban J connectivity index is 2.67. The third-order valence-electron chi connectivity index (χ3n) is 1.46. The molecule has 1 aromatic carbocycles. The van der Waals surface area contributed by atoms with Crippen molar-refractivity contribution < 1.29 is 17.2 Å². The maximum atomic E-state index is 10.2. The molecule has 0 saturated heterocycles. The van der Waals surface area contributed by atoms with Gasteiger partial charge in [-0.1, -0.05) is 12.1 Å². The van der Waals surface area contributed by atoms with E-state index in [1.165, 1.54) is 12.1 Å². The smallest absolute Gasteiger partial charge is 0.264 e. The van der Waals surface area contributed by atoms with Gasteiger partial charge in [0.2, 0.25) is 0 Å². The van der Waals surface area contributed by atoms with Crippen LogP contribution in [0, 0.1) is 11.3 Å². The van der Waals surface area contributed by atoms with Gasteiger partial charge in [0.05, 0.1) is 18.2 Å². The molecule has 0 saturated carbocycles. The van der Waals surface area contributed by atoms with E-state index in [0.717, 1.165) is 0 Å². The molecular formula is C8H7NO4S. The average Bonchev–Trinajstić information content (AvgIpc) is 2.14. The molecule has 1 N–H and O–H groups in total. The zero-order valence-electron chi connectivity index (χ0n) is 7.04. The van der Waals surface area contributed by atoms with Crippen molar-refractivity contribution in [1.82, 2.24) is 0 Å². The lowest BCUT2D eigenvalue weighted by atomic mass is 10.2. The molecule has 0 aliphatic carbocycles. The second-order valence-corrected chi connectivity index (χ2v) is 3.59. The molecule has 0 spiro atoms. The predicted octanol–water partition coefficient (Wildman–Crippen LogP) is 0.878. The van der Waals surface area contributed by atoms with E-state index in [-0.39, 0.29) is 6.61 Å². The minimum Gasteiger partial charge on any atom is -0.264 e. The van der Waals surface area contributed by atoms with E-state index in [2.05, 4.69) is 4.18 Å². The number of rotatable bonds is 3. The summed E-state index contributed by atoms with van der Waals surface area (Å²) >= 11 is 0. The Kier molecular flexibility index (Phi) is 3.19. The number of hydrogen-bond donors (Lipinski definition) is 1. The lowest BCUT2D eigenvalue weighted by molar-refractivity contribution is 0.259. The van der Waals surface area contributed by atoms with Gasteiger partial charge in [-0.25, -0.2) is 4.18 Å². The maximum Gasteiger partial charge on any atom is 0.397 e. The fraction of sp³-hybridized carbons (Fsp3) is 0.125. The van der Waals surface area contributed by atoms with Crippen molar-refractivity contribution >= 4 is 10.4 Å². The largest absolute Gasteiger partial charge is 0.397 e. The van der Waals surface area contributed by atoms with Crippen LogP contribution in [0.3, 0.4) is 0 Å². The molecule has 1 rings (SSSR count). The Morgan fingerprint density at radius 1 is 1.36 bits per heavy atom. The van der Waals surface area contributed by atoms with Gasteiger partial charge in [0.15, 0.2) is 0 Å². The van der Waals surface area contributed by atoms with E-state index in [4.69, 9.17) is 9.81 Å². The first-order chi connectivity index (χ1) is 6.51. The molecule has 0 bridgehead atoms. The first-order valence-electron chi connectivity index (χ1n) is 3.62. The van der Waals surface area contributed by atoms with Crippen molar-refractivity contribution in [3.05, 3.63) is 35.4 Å². The normalized spacial score (nSPS) is 10.9. The lowest BCUT2D eigenvalue weighted by Gasteiger charge is -1.99. The summed E-state index contributed by atoms with van der Waals surface area (Å²) in [6, 6.07) is 8.07. The molecule has 5 nitrogen and oxygen atoms in total. The summed E-state index contributed by atoms with van der Waals surface area (Å²) in [6.45, 7) is -0.245.